The molecule has 0 saturated carbocycles. The molecule has 1 fully saturated rings. The number of nitrogens with zero attached hydrogens (tertiary/aromatic N) is 2. The first-order valence-corrected chi connectivity index (χ1v) is 6.59. The number of halogens is 2. The van der Waals surface area contributed by atoms with Crippen LogP contribution in [0.15, 0.2) is 18.2 Å². The first kappa shape index (κ1) is 14.9. The molecular formula is C14H17F2N3O. The topological polar surface area (TPSA) is 48.3 Å². The molecule has 0 amide bonds. The van der Waals surface area contributed by atoms with Crippen molar-refractivity contribution in [2.24, 2.45) is 0 Å². The normalized spacial score (nSPS) is 17.6. The van der Waals surface area contributed by atoms with Crippen LogP contribution >= 0.6 is 0 Å². The largest absolute Gasteiger partial charge is 0.379 e. The van der Waals surface area contributed by atoms with E-state index in [0.717, 1.165) is 45.0 Å². The van der Waals surface area contributed by atoms with Crippen LogP contribution in [-0.2, 0) is 4.74 Å². The summed E-state index contributed by atoms with van der Waals surface area (Å²) in [4.78, 5) is 2.23. The van der Waals surface area contributed by atoms with Gasteiger partial charge < -0.3 is 4.74 Å². The van der Waals surface area contributed by atoms with Gasteiger partial charge in [0.05, 0.1) is 19.3 Å². The van der Waals surface area contributed by atoms with Crippen LogP contribution in [0.25, 0.3) is 0 Å². The highest BCUT2D eigenvalue weighted by atomic mass is 19.2. The standard InChI is InChI=1S/C14H17F2N3O/c15-12-2-1-11(9-13(12)16)14(10-17)18-3-4-19-5-7-20-8-6-19/h1-2,9,14,18H,3-8H2. The summed E-state index contributed by atoms with van der Waals surface area (Å²) in [5, 5.41) is 12.2. The third kappa shape index (κ3) is 3.97. The quantitative estimate of drug-likeness (QED) is 0.887. The molecule has 1 atom stereocenters. The molecule has 6 heteroatoms. The molecule has 1 aromatic rings. The molecule has 0 spiro atoms. The Kier molecular flexibility index (Phi) is 5.41. The molecule has 1 heterocycles. The van der Waals surface area contributed by atoms with Crippen LogP contribution in [0, 0.1) is 23.0 Å². The number of hydrogen-bond acceptors (Lipinski definition) is 4. The number of hydrogen-bond donors (Lipinski definition) is 1. The molecule has 1 unspecified atom stereocenters. The summed E-state index contributed by atoms with van der Waals surface area (Å²) in [6.45, 7) is 4.62. The van der Waals surface area contributed by atoms with Crippen LogP contribution in [0.5, 0.6) is 0 Å². The summed E-state index contributed by atoms with van der Waals surface area (Å²) in [5.41, 5.74) is 0.438. The highest BCUT2D eigenvalue weighted by Gasteiger charge is 2.14. The molecule has 20 heavy (non-hydrogen) atoms. The second kappa shape index (κ2) is 7.29. The van der Waals surface area contributed by atoms with Crippen molar-refractivity contribution in [2.75, 3.05) is 39.4 Å². The van der Waals surface area contributed by atoms with E-state index in [0.29, 0.717) is 12.1 Å². The maximum atomic E-state index is 13.2. The fourth-order valence-corrected chi connectivity index (χ4v) is 2.12. The molecule has 1 N–H and O–H groups in total. The first-order chi connectivity index (χ1) is 9.70. The molecule has 0 bridgehead atoms. The highest BCUT2D eigenvalue weighted by molar-refractivity contribution is 5.25. The van der Waals surface area contributed by atoms with Gasteiger partial charge in [-0.3, -0.25) is 10.2 Å². The Morgan fingerprint density at radius 1 is 1.30 bits per heavy atom. The fraction of sp³-hybridized carbons (Fsp3) is 0.500. The van der Waals surface area contributed by atoms with Crippen molar-refractivity contribution in [3.8, 4) is 6.07 Å². The zero-order valence-electron chi connectivity index (χ0n) is 11.1. The third-order valence-electron chi connectivity index (χ3n) is 3.29. The molecule has 108 valence electrons. The fourth-order valence-electron chi connectivity index (χ4n) is 2.12. The molecule has 0 radical (unpaired) electrons. The molecule has 1 aliphatic heterocycles. The van der Waals surface area contributed by atoms with Gasteiger partial charge in [0.15, 0.2) is 11.6 Å². The Hall–Kier alpha value is -1.55. The van der Waals surface area contributed by atoms with Gasteiger partial charge in [0.25, 0.3) is 0 Å². The van der Waals surface area contributed by atoms with Crippen molar-refractivity contribution in [1.82, 2.24) is 10.2 Å². The Balaban J connectivity index is 1.85. The van der Waals surface area contributed by atoms with Crippen molar-refractivity contribution in [2.45, 2.75) is 6.04 Å². The maximum Gasteiger partial charge on any atom is 0.159 e. The zero-order chi connectivity index (χ0) is 14.4. The smallest absolute Gasteiger partial charge is 0.159 e. The minimum absolute atomic E-state index is 0.438. The van der Waals surface area contributed by atoms with E-state index in [1.807, 2.05) is 0 Å². The van der Waals surface area contributed by atoms with E-state index in [9.17, 15) is 8.78 Å². The van der Waals surface area contributed by atoms with Crippen molar-refractivity contribution in [3.63, 3.8) is 0 Å². The SMILES string of the molecule is N#CC(NCCN1CCOCC1)c1ccc(F)c(F)c1. The monoisotopic (exact) mass is 281 g/mol. The number of rotatable bonds is 5. The van der Waals surface area contributed by atoms with Gasteiger partial charge in [-0.05, 0) is 17.7 Å². The lowest BCUT2D eigenvalue weighted by Crippen LogP contribution is -2.40. The predicted molar refractivity (Wildman–Crippen MR) is 70.0 cm³/mol. The molecule has 1 aliphatic rings. The number of morpholine rings is 1. The minimum atomic E-state index is -0.933. The van der Waals surface area contributed by atoms with Gasteiger partial charge in [0.1, 0.15) is 6.04 Å². The molecule has 4 nitrogen and oxygen atoms in total. The minimum Gasteiger partial charge on any atom is -0.379 e. The van der Waals surface area contributed by atoms with Crippen molar-refractivity contribution in [1.29, 1.82) is 5.26 Å². The van der Waals surface area contributed by atoms with Crippen LogP contribution in [0.2, 0.25) is 0 Å². The van der Waals surface area contributed by atoms with E-state index in [-0.39, 0.29) is 0 Å². The average molecular weight is 281 g/mol. The van der Waals surface area contributed by atoms with Gasteiger partial charge >= 0.3 is 0 Å². The van der Waals surface area contributed by atoms with Crippen LogP contribution in [0.1, 0.15) is 11.6 Å². The second-order valence-electron chi connectivity index (χ2n) is 4.64. The molecule has 1 aromatic carbocycles. The van der Waals surface area contributed by atoms with Crippen LogP contribution < -0.4 is 5.32 Å². The zero-order valence-corrected chi connectivity index (χ0v) is 11.1. The lowest BCUT2D eigenvalue weighted by molar-refractivity contribution is 0.0383. The predicted octanol–water partition coefficient (Wildman–Crippen LogP) is 1.45. The van der Waals surface area contributed by atoms with Gasteiger partial charge in [0, 0.05) is 26.2 Å². The van der Waals surface area contributed by atoms with Gasteiger partial charge in [-0.2, -0.15) is 5.26 Å². The second-order valence-corrected chi connectivity index (χ2v) is 4.64. The molecule has 0 aliphatic carbocycles. The van der Waals surface area contributed by atoms with Crippen LogP contribution in [-0.4, -0.2) is 44.3 Å². The van der Waals surface area contributed by atoms with E-state index in [2.05, 4.69) is 16.3 Å². The Labute approximate surface area is 116 Å². The number of nitriles is 1. The van der Waals surface area contributed by atoms with Gasteiger partial charge in [-0.1, -0.05) is 6.07 Å². The summed E-state index contributed by atoms with van der Waals surface area (Å²) in [7, 11) is 0. The van der Waals surface area contributed by atoms with E-state index >= 15 is 0 Å². The van der Waals surface area contributed by atoms with Crippen molar-refractivity contribution in [3.05, 3.63) is 35.4 Å². The summed E-state index contributed by atoms with van der Waals surface area (Å²) in [6, 6.07) is 4.95. The van der Waals surface area contributed by atoms with E-state index in [1.165, 1.54) is 6.07 Å². The summed E-state index contributed by atoms with van der Waals surface area (Å²) < 4.78 is 31.3. The summed E-state index contributed by atoms with van der Waals surface area (Å²) in [6.07, 6.45) is 0. The van der Waals surface area contributed by atoms with Gasteiger partial charge in [0.2, 0.25) is 0 Å². The molecule has 0 aromatic heterocycles. The number of benzene rings is 1. The summed E-state index contributed by atoms with van der Waals surface area (Å²) in [5.74, 6) is -1.84. The average Bonchev–Trinajstić information content (AvgIpc) is 2.48. The van der Waals surface area contributed by atoms with Crippen LogP contribution in [0.3, 0.4) is 0 Å². The highest BCUT2D eigenvalue weighted by Crippen LogP contribution is 2.15. The Bertz CT molecular complexity index is 484. The first-order valence-electron chi connectivity index (χ1n) is 6.59. The van der Waals surface area contributed by atoms with Crippen molar-refractivity contribution >= 4 is 0 Å². The number of ether oxygens (including phenoxy) is 1. The third-order valence-corrected chi connectivity index (χ3v) is 3.29. The lowest BCUT2D eigenvalue weighted by atomic mass is 10.1. The van der Waals surface area contributed by atoms with Crippen molar-refractivity contribution < 1.29 is 13.5 Å². The van der Waals surface area contributed by atoms with Gasteiger partial charge in [-0.15, -0.1) is 0 Å². The van der Waals surface area contributed by atoms with Crippen LogP contribution in [0.4, 0.5) is 8.78 Å². The lowest BCUT2D eigenvalue weighted by Gasteiger charge is -2.27. The Morgan fingerprint density at radius 3 is 2.70 bits per heavy atom. The molecule has 1 saturated heterocycles. The van der Waals surface area contributed by atoms with E-state index < -0.39 is 17.7 Å². The molecule has 2 rings (SSSR count). The molecular weight excluding hydrogens is 264 g/mol. The Morgan fingerprint density at radius 2 is 2.05 bits per heavy atom. The summed E-state index contributed by atoms with van der Waals surface area (Å²) >= 11 is 0. The van der Waals surface area contributed by atoms with E-state index in [4.69, 9.17) is 10.00 Å². The van der Waals surface area contributed by atoms with E-state index in [1.54, 1.807) is 0 Å². The number of nitrogens with one attached hydrogen (secondary N) is 1. The van der Waals surface area contributed by atoms with Gasteiger partial charge in [-0.25, -0.2) is 8.78 Å². The maximum absolute atomic E-state index is 13.2.